The molecular formula is C21H27Cl2NZr. The molecule has 0 fully saturated rings. The summed E-state index contributed by atoms with van der Waals surface area (Å²) in [6.07, 6.45) is 8.01. The second kappa shape index (κ2) is 8.16. The Hall–Kier alpha value is -0.297. The van der Waals surface area contributed by atoms with Crippen molar-refractivity contribution in [3.8, 4) is 0 Å². The fourth-order valence-corrected chi connectivity index (χ4v) is 7.21. The maximum atomic E-state index is 3.82. The Labute approximate surface area is 176 Å². The van der Waals surface area contributed by atoms with Gasteiger partial charge >= 0.3 is 152 Å². The number of nitrogens with one attached hydrogen (secondary N) is 1. The van der Waals surface area contributed by atoms with E-state index in [1.54, 1.807) is 12.2 Å². The van der Waals surface area contributed by atoms with Crippen LogP contribution in [0.1, 0.15) is 59.1 Å². The molecule has 0 bridgehead atoms. The molecule has 0 unspecified atom stereocenters. The average Bonchev–Trinajstić information content (AvgIpc) is 3.02. The smallest absolute Gasteiger partial charge is 1.00 e. The summed E-state index contributed by atoms with van der Waals surface area (Å²) in [6.45, 7) is 14.1. The molecule has 1 aliphatic carbocycles. The third kappa shape index (κ3) is 4.71. The zero-order valence-corrected chi connectivity index (χ0v) is 19.9. The number of halogens is 2. The minimum absolute atomic E-state index is 0. The predicted molar refractivity (Wildman–Crippen MR) is 97.2 cm³/mol. The Bertz CT molecular complexity index is 802. The molecule has 0 amide bonds. The van der Waals surface area contributed by atoms with Crippen molar-refractivity contribution in [2.45, 2.75) is 58.8 Å². The van der Waals surface area contributed by atoms with Crippen LogP contribution in [0, 0.1) is 0 Å². The first-order valence-corrected chi connectivity index (χ1v) is 10.9. The van der Waals surface area contributed by atoms with Crippen molar-refractivity contribution >= 4 is 14.3 Å². The van der Waals surface area contributed by atoms with E-state index in [0.717, 1.165) is 6.42 Å². The fourth-order valence-electron chi connectivity index (χ4n) is 3.42. The van der Waals surface area contributed by atoms with E-state index in [0.29, 0.717) is 0 Å². The molecule has 0 aliphatic heterocycles. The Morgan fingerprint density at radius 1 is 0.960 bits per heavy atom. The van der Waals surface area contributed by atoms with Crippen LogP contribution < -0.4 is 28.2 Å². The predicted octanol–water partition coefficient (Wildman–Crippen LogP) is -0.677. The van der Waals surface area contributed by atoms with Gasteiger partial charge in [0.15, 0.2) is 0 Å². The van der Waals surface area contributed by atoms with Gasteiger partial charge in [-0.3, -0.25) is 0 Å². The standard InChI is InChI=1S/C16H22N.C5H5.2ClH.Zr/c1-15(2,3)11-8-7-9-13-14(11)12(10-17-13)16(4,5)6;1-2-4-5-3-1;;;/h7-9,17H,1-6H3;1-3H,4H2;2*1H;/q;;;;+2/p-2. The molecule has 1 aromatic carbocycles. The van der Waals surface area contributed by atoms with E-state index in [4.69, 9.17) is 0 Å². The summed E-state index contributed by atoms with van der Waals surface area (Å²) in [5, 5.41) is 1.48. The van der Waals surface area contributed by atoms with E-state index in [1.165, 1.54) is 16.5 Å². The molecule has 0 radical (unpaired) electrons. The molecule has 1 nitrogen and oxygen atoms in total. The van der Waals surface area contributed by atoms with Crippen molar-refractivity contribution in [3.05, 3.63) is 50.8 Å². The number of aromatic amines is 1. The third-order valence-corrected chi connectivity index (χ3v) is 7.68. The molecular weight excluding hydrogens is 428 g/mol. The second-order valence-electron chi connectivity index (χ2n) is 8.55. The van der Waals surface area contributed by atoms with Crippen LogP contribution in [0.25, 0.3) is 10.9 Å². The summed E-state index contributed by atoms with van der Waals surface area (Å²) in [7, 11) is 0. The zero-order valence-electron chi connectivity index (χ0n) is 15.9. The van der Waals surface area contributed by atoms with Gasteiger partial charge in [-0.1, -0.05) is 0 Å². The van der Waals surface area contributed by atoms with Crippen LogP contribution in [0.5, 0.6) is 0 Å². The first kappa shape index (κ1) is 22.7. The van der Waals surface area contributed by atoms with Gasteiger partial charge in [0, 0.05) is 0 Å². The van der Waals surface area contributed by atoms with Crippen LogP contribution >= 0.6 is 0 Å². The van der Waals surface area contributed by atoms with Gasteiger partial charge in [0.2, 0.25) is 0 Å². The number of aromatic nitrogens is 1. The summed E-state index contributed by atoms with van der Waals surface area (Å²) in [5.41, 5.74) is 4.70. The van der Waals surface area contributed by atoms with Gasteiger partial charge < -0.3 is 24.8 Å². The van der Waals surface area contributed by atoms with Crippen LogP contribution in [0.15, 0.2) is 39.7 Å². The minimum atomic E-state index is -0.743. The molecule has 3 rings (SSSR count). The van der Waals surface area contributed by atoms with Crippen LogP contribution in [0.3, 0.4) is 0 Å². The molecule has 0 spiro atoms. The van der Waals surface area contributed by atoms with Crippen molar-refractivity contribution in [1.29, 1.82) is 0 Å². The summed E-state index contributed by atoms with van der Waals surface area (Å²) in [5.74, 6) is 0. The molecule has 1 aromatic heterocycles. The van der Waals surface area contributed by atoms with E-state index in [1.807, 2.05) is 0 Å². The van der Waals surface area contributed by atoms with Crippen molar-refractivity contribution < 1.29 is 48.0 Å². The third-order valence-electron chi connectivity index (χ3n) is 4.44. The number of hydrogen-bond acceptors (Lipinski definition) is 0. The van der Waals surface area contributed by atoms with Crippen molar-refractivity contribution in [3.63, 3.8) is 0 Å². The molecule has 1 heterocycles. The largest absolute Gasteiger partial charge is 1.00 e. The number of H-pyrrole nitrogens is 1. The molecule has 1 N–H and O–H groups in total. The van der Waals surface area contributed by atoms with Crippen LogP contribution in [-0.4, -0.2) is 4.98 Å². The topological polar surface area (TPSA) is 15.8 Å². The number of benzene rings is 1. The second-order valence-corrected chi connectivity index (χ2v) is 12.0. The van der Waals surface area contributed by atoms with E-state index < -0.39 is 23.2 Å². The average molecular weight is 456 g/mol. The van der Waals surface area contributed by atoms with Crippen molar-refractivity contribution in [1.82, 2.24) is 4.98 Å². The van der Waals surface area contributed by atoms with Gasteiger partial charge in [-0.15, -0.1) is 0 Å². The van der Waals surface area contributed by atoms with Gasteiger partial charge in [-0.05, 0) is 0 Å². The summed E-state index contributed by atoms with van der Waals surface area (Å²) < 4.78 is 3.23. The van der Waals surface area contributed by atoms with E-state index in [9.17, 15) is 0 Å². The number of allylic oxidation sites excluding steroid dienone is 4. The molecule has 134 valence electrons. The molecule has 0 saturated carbocycles. The summed E-state index contributed by atoms with van der Waals surface area (Å²) in [4.78, 5) is 3.82. The minimum Gasteiger partial charge on any atom is -1.00 e. The molecule has 0 saturated heterocycles. The quantitative estimate of drug-likeness (QED) is 0.618. The number of hydrogen-bond donors (Lipinski definition) is 1. The van der Waals surface area contributed by atoms with E-state index in [-0.39, 0.29) is 35.6 Å². The first-order valence-electron chi connectivity index (χ1n) is 8.46. The molecule has 4 heteroatoms. The fraction of sp³-hybridized carbons (Fsp3) is 0.429. The van der Waals surface area contributed by atoms with Gasteiger partial charge in [-0.2, -0.15) is 0 Å². The summed E-state index contributed by atoms with van der Waals surface area (Å²) in [6, 6.07) is 6.78. The number of fused-ring (bicyclic) bond motifs is 1. The maximum Gasteiger partial charge on any atom is -1.00 e. The van der Waals surface area contributed by atoms with E-state index >= 15 is 0 Å². The van der Waals surface area contributed by atoms with E-state index in [2.05, 4.69) is 83.0 Å². The Morgan fingerprint density at radius 3 is 2.16 bits per heavy atom. The van der Waals surface area contributed by atoms with Crippen LogP contribution in [0.2, 0.25) is 0 Å². The van der Waals surface area contributed by atoms with Gasteiger partial charge in [0.25, 0.3) is 0 Å². The molecule has 2 aromatic rings. The Morgan fingerprint density at radius 2 is 1.64 bits per heavy atom. The van der Waals surface area contributed by atoms with Crippen LogP contribution in [-0.2, 0) is 34.1 Å². The van der Waals surface area contributed by atoms with Crippen molar-refractivity contribution in [2.24, 2.45) is 0 Å². The Kier molecular flexibility index (Phi) is 7.42. The van der Waals surface area contributed by atoms with Crippen LogP contribution in [0.4, 0.5) is 0 Å². The molecule has 25 heavy (non-hydrogen) atoms. The normalized spacial score (nSPS) is 13.9. The first-order chi connectivity index (χ1) is 10.7. The Balaban J connectivity index is 0.00000156. The molecule has 0 atom stereocenters. The van der Waals surface area contributed by atoms with Crippen molar-refractivity contribution in [2.75, 3.05) is 0 Å². The summed E-state index contributed by atoms with van der Waals surface area (Å²) >= 11 is -0.743. The zero-order chi connectivity index (χ0) is 16.8. The van der Waals surface area contributed by atoms with Gasteiger partial charge in [0.1, 0.15) is 0 Å². The van der Waals surface area contributed by atoms with Gasteiger partial charge in [0.05, 0.1) is 0 Å². The monoisotopic (exact) mass is 453 g/mol. The molecule has 1 aliphatic rings. The maximum absolute atomic E-state index is 3.82. The number of rotatable bonds is 2. The SMILES string of the molecule is CC(C)(C)c1cccc2[nH][c]([Zr+2][C]3=CC=CC3)c(C(C)(C)C)c12.[Cl-].[Cl-]. The van der Waals surface area contributed by atoms with Gasteiger partial charge in [-0.25, -0.2) is 0 Å².